The highest BCUT2D eigenvalue weighted by atomic mass is 32.2. The van der Waals surface area contributed by atoms with Crippen LogP contribution < -0.4 is 10.1 Å². The Bertz CT molecular complexity index is 1160. The van der Waals surface area contributed by atoms with E-state index in [0.717, 1.165) is 22.6 Å². The number of anilines is 1. The molecule has 4 aromatic rings. The van der Waals surface area contributed by atoms with Crippen LogP contribution in [0.4, 0.5) is 5.69 Å². The van der Waals surface area contributed by atoms with Gasteiger partial charge in [0.2, 0.25) is 5.91 Å². The van der Waals surface area contributed by atoms with E-state index in [1.165, 1.54) is 11.8 Å². The van der Waals surface area contributed by atoms with E-state index in [-0.39, 0.29) is 11.7 Å². The summed E-state index contributed by atoms with van der Waals surface area (Å²) in [5.74, 6) is 1.53. The largest absolute Gasteiger partial charge is 0.497 e. The van der Waals surface area contributed by atoms with Crippen molar-refractivity contribution >= 4 is 23.4 Å². The van der Waals surface area contributed by atoms with Crippen molar-refractivity contribution in [2.24, 2.45) is 0 Å². The van der Waals surface area contributed by atoms with Gasteiger partial charge in [0.25, 0.3) is 0 Å². The highest BCUT2D eigenvalue weighted by molar-refractivity contribution is 7.99. The van der Waals surface area contributed by atoms with Crippen LogP contribution in [0.15, 0.2) is 78.2 Å². The number of hydrogen-bond donors (Lipinski definition) is 1. The molecule has 2 aromatic heterocycles. The Morgan fingerprint density at radius 3 is 2.52 bits per heavy atom. The third kappa shape index (κ3) is 4.92. The molecule has 0 fully saturated rings. The van der Waals surface area contributed by atoms with Crippen molar-refractivity contribution in [3.05, 3.63) is 78.6 Å². The summed E-state index contributed by atoms with van der Waals surface area (Å²) in [5.41, 5.74) is 3.65. The molecule has 0 saturated carbocycles. The smallest absolute Gasteiger partial charge is 0.234 e. The van der Waals surface area contributed by atoms with Gasteiger partial charge in [-0.05, 0) is 55.5 Å². The van der Waals surface area contributed by atoms with Crippen molar-refractivity contribution in [1.82, 2.24) is 19.7 Å². The lowest BCUT2D eigenvalue weighted by atomic mass is 10.2. The van der Waals surface area contributed by atoms with Gasteiger partial charge >= 0.3 is 0 Å². The molecule has 0 aliphatic heterocycles. The first-order valence-electron chi connectivity index (χ1n) is 9.63. The van der Waals surface area contributed by atoms with Gasteiger partial charge in [-0.2, -0.15) is 0 Å². The Balaban J connectivity index is 1.61. The molecule has 0 saturated heterocycles. The molecule has 0 atom stereocenters. The van der Waals surface area contributed by atoms with Crippen LogP contribution in [0.25, 0.3) is 17.1 Å². The number of aryl methyl sites for hydroxylation is 1. The number of carbonyl (C=O) groups is 1. The Morgan fingerprint density at radius 2 is 1.84 bits per heavy atom. The minimum absolute atomic E-state index is 0.137. The number of ether oxygens (including phenoxy) is 1. The average molecular weight is 432 g/mol. The van der Waals surface area contributed by atoms with Crippen LogP contribution in [0.2, 0.25) is 0 Å². The van der Waals surface area contributed by atoms with Gasteiger partial charge in [0.05, 0.1) is 24.7 Å². The fourth-order valence-electron chi connectivity index (χ4n) is 2.98. The van der Waals surface area contributed by atoms with E-state index in [1.54, 1.807) is 31.6 Å². The molecule has 2 heterocycles. The summed E-state index contributed by atoms with van der Waals surface area (Å²) in [6, 6.07) is 19.3. The molecule has 0 aliphatic rings. The Morgan fingerprint density at radius 1 is 1.06 bits per heavy atom. The van der Waals surface area contributed by atoms with Gasteiger partial charge in [-0.1, -0.05) is 29.5 Å². The molecule has 0 spiro atoms. The predicted octanol–water partition coefficient (Wildman–Crippen LogP) is 4.38. The van der Waals surface area contributed by atoms with E-state index in [9.17, 15) is 4.79 Å². The maximum absolute atomic E-state index is 12.4. The number of nitrogens with one attached hydrogen (secondary N) is 1. The molecule has 156 valence electrons. The van der Waals surface area contributed by atoms with Crippen LogP contribution >= 0.6 is 11.8 Å². The van der Waals surface area contributed by atoms with Crippen LogP contribution in [0.3, 0.4) is 0 Å². The molecule has 8 heteroatoms. The van der Waals surface area contributed by atoms with Crippen LogP contribution in [0.1, 0.15) is 5.56 Å². The summed E-state index contributed by atoms with van der Waals surface area (Å²) in [7, 11) is 1.63. The molecule has 31 heavy (non-hydrogen) atoms. The number of carbonyl (C=O) groups excluding carboxylic acids is 1. The van der Waals surface area contributed by atoms with Crippen molar-refractivity contribution in [3.8, 4) is 22.8 Å². The summed E-state index contributed by atoms with van der Waals surface area (Å²) in [6.07, 6.45) is 3.27. The maximum Gasteiger partial charge on any atom is 0.234 e. The van der Waals surface area contributed by atoms with Crippen LogP contribution in [-0.2, 0) is 4.79 Å². The van der Waals surface area contributed by atoms with E-state index in [0.29, 0.717) is 16.7 Å². The van der Waals surface area contributed by atoms with Crippen molar-refractivity contribution in [3.63, 3.8) is 0 Å². The fraction of sp³-hybridized carbons (Fsp3) is 0.130. The number of amides is 1. The SMILES string of the molecule is COc1ccc(-c2nnc(SCC(=O)Nc3cccnc3)n2-c2ccc(C)cc2)cc1. The van der Waals surface area contributed by atoms with E-state index in [1.807, 2.05) is 60.0 Å². The first kappa shape index (κ1) is 20.6. The van der Waals surface area contributed by atoms with Crippen LogP contribution in [0.5, 0.6) is 5.75 Å². The number of pyridine rings is 1. The van der Waals surface area contributed by atoms with Gasteiger partial charge in [-0.25, -0.2) is 0 Å². The van der Waals surface area contributed by atoms with Crippen molar-refractivity contribution < 1.29 is 9.53 Å². The molecule has 7 nitrogen and oxygen atoms in total. The number of hydrogen-bond acceptors (Lipinski definition) is 6. The van der Waals surface area contributed by atoms with Gasteiger partial charge in [-0.3, -0.25) is 14.3 Å². The predicted molar refractivity (Wildman–Crippen MR) is 122 cm³/mol. The zero-order valence-electron chi connectivity index (χ0n) is 17.1. The first-order chi connectivity index (χ1) is 15.1. The summed E-state index contributed by atoms with van der Waals surface area (Å²) in [5, 5.41) is 12.2. The van der Waals surface area contributed by atoms with Crippen molar-refractivity contribution in [2.75, 3.05) is 18.2 Å². The van der Waals surface area contributed by atoms with E-state index in [2.05, 4.69) is 20.5 Å². The number of aromatic nitrogens is 4. The number of rotatable bonds is 7. The molecule has 1 N–H and O–H groups in total. The summed E-state index contributed by atoms with van der Waals surface area (Å²) < 4.78 is 7.22. The molecule has 0 radical (unpaired) electrons. The molecule has 0 aliphatic carbocycles. The number of nitrogens with zero attached hydrogens (tertiary/aromatic N) is 4. The zero-order chi connectivity index (χ0) is 21.6. The summed E-state index contributed by atoms with van der Waals surface area (Å²) >= 11 is 1.33. The Hall–Kier alpha value is -3.65. The molecular formula is C23H21N5O2S. The Kier molecular flexibility index (Phi) is 6.28. The monoisotopic (exact) mass is 431 g/mol. The minimum atomic E-state index is -0.137. The van der Waals surface area contributed by atoms with E-state index >= 15 is 0 Å². The molecule has 4 rings (SSSR count). The quantitative estimate of drug-likeness (QED) is 0.438. The van der Waals surface area contributed by atoms with Crippen molar-refractivity contribution in [2.45, 2.75) is 12.1 Å². The average Bonchev–Trinajstić information content (AvgIpc) is 3.23. The molecule has 1 amide bonds. The normalized spacial score (nSPS) is 10.6. The van der Waals surface area contributed by atoms with Gasteiger partial charge in [0.1, 0.15) is 5.75 Å². The third-order valence-corrected chi connectivity index (χ3v) is 5.48. The topological polar surface area (TPSA) is 81.9 Å². The third-order valence-electron chi connectivity index (χ3n) is 4.55. The van der Waals surface area contributed by atoms with Crippen LogP contribution in [-0.4, -0.2) is 38.5 Å². The van der Waals surface area contributed by atoms with E-state index in [4.69, 9.17) is 4.74 Å². The second-order valence-electron chi connectivity index (χ2n) is 6.78. The highest BCUT2D eigenvalue weighted by Crippen LogP contribution is 2.29. The molecule has 0 bridgehead atoms. The minimum Gasteiger partial charge on any atom is -0.497 e. The standard InChI is InChI=1S/C23H21N5O2S/c1-16-5-9-19(10-6-16)28-22(17-7-11-20(30-2)12-8-17)26-27-23(28)31-15-21(29)25-18-4-3-13-24-14-18/h3-14H,15H2,1-2H3,(H,25,29). The molecule has 2 aromatic carbocycles. The second-order valence-corrected chi connectivity index (χ2v) is 7.73. The van der Waals surface area contributed by atoms with E-state index < -0.39 is 0 Å². The lowest BCUT2D eigenvalue weighted by molar-refractivity contribution is -0.113. The lowest BCUT2D eigenvalue weighted by Crippen LogP contribution is -2.14. The second kappa shape index (κ2) is 9.44. The number of benzene rings is 2. The van der Waals surface area contributed by atoms with Gasteiger partial charge in [0.15, 0.2) is 11.0 Å². The van der Waals surface area contributed by atoms with Gasteiger partial charge < -0.3 is 10.1 Å². The first-order valence-corrected chi connectivity index (χ1v) is 10.6. The van der Waals surface area contributed by atoms with Gasteiger partial charge in [-0.15, -0.1) is 10.2 Å². The lowest BCUT2D eigenvalue weighted by Gasteiger charge is -2.11. The van der Waals surface area contributed by atoms with Crippen LogP contribution in [0, 0.1) is 6.92 Å². The van der Waals surface area contributed by atoms with Crippen molar-refractivity contribution in [1.29, 1.82) is 0 Å². The summed E-state index contributed by atoms with van der Waals surface area (Å²) in [4.78, 5) is 16.4. The fourth-order valence-corrected chi connectivity index (χ4v) is 3.73. The Labute approximate surface area is 184 Å². The molecule has 0 unspecified atom stereocenters. The zero-order valence-corrected chi connectivity index (χ0v) is 18.0. The number of methoxy groups -OCH3 is 1. The van der Waals surface area contributed by atoms with Gasteiger partial charge in [0, 0.05) is 17.4 Å². The molecular weight excluding hydrogens is 410 g/mol. The summed E-state index contributed by atoms with van der Waals surface area (Å²) in [6.45, 7) is 2.04. The maximum atomic E-state index is 12.4. The number of thioether (sulfide) groups is 1. The highest BCUT2D eigenvalue weighted by Gasteiger charge is 2.17.